The first kappa shape index (κ1) is 13.9. The molecule has 0 bridgehead atoms. The van der Waals surface area contributed by atoms with Crippen LogP contribution in [0.15, 0.2) is 0 Å². The van der Waals surface area contributed by atoms with E-state index in [9.17, 15) is 12.6 Å². The summed E-state index contributed by atoms with van der Waals surface area (Å²) in [6.07, 6.45) is 0. The fraction of sp³-hybridized carbons (Fsp3) is 1.00. The van der Waals surface area contributed by atoms with Gasteiger partial charge in [-0.25, -0.2) is 4.18 Å². The second kappa shape index (κ2) is 5.14. The van der Waals surface area contributed by atoms with Gasteiger partial charge < -0.3 is 0 Å². The molecule has 0 aromatic carbocycles. The molecule has 0 spiro atoms. The number of hydrogen-bond acceptors (Lipinski definition) is 5. The Morgan fingerprint density at radius 1 is 1.36 bits per heavy atom. The van der Waals surface area contributed by atoms with Crippen LogP contribution in [0.5, 0.6) is 0 Å². The van der Waals surface area contributed by atoms with E-state index in [1.807, 2.05) is 0 Å². The zero-order chi connectivity index (χ0) is 11.4. The van der Waals surface area contributed by atoms with Crippen molar-refractivity contribution in [2.45, 2.75) is 13.8 Å². The zero-order valence-corrected chi connectivity index (χ0v) is 9.30. The summed E-state index contributed by atoms with van der Waals surface area (Å²) in [6, 6.07) is 0. The number of rotatable bonds is 6. The molecule has 86 valence electrons. The monoisotopic (exact) mass is 248 g/mol. The van der Waals surface area contributed by atoms with E-state index in [4.69, 9.17) is 9.11 Å². The van der Waals surface area contributed by atoms with E-state index in [1.165, 1.54) is 0 Å². The molecule has 0 rings (SSSR count). The maximum absolute atomic E-state index is 10.2. The minimum absolute atomic E-state index is 0.175. The fourth-order valence-corrected chi connectivity index (χ4v) is 1.37. The summed E-state index contributed by atoms with van der Waals surface area (Å²) in [5, 5.41) is 0. The van der Waals surface area contributed by atoms with Crippen LogP contribution >= 0.6 is 0 Å². The summed E-state index contributed by atoms with van der Waals surface area (Å²) in [4.78, 5) is 0. The first-order valence-corrected chi connectivity index (χ1v) is 5.88. The minimum Gasteiger partial charge on any atom is -0.284 e. The maximum Gasteiger partial charge on any atom is 0.397 e. The van der Waals surface area contributed by atoms with Gasteiger partial charge in [0.05, 0.1) is 13.2 Å². The van der Waals surface area contributed by atoms with Crippen LogP contribution < -0.4 is 0 Å². The summed E-state index contributed by atoms with van der Waals surface area (Å²) in [5.74, 6) is 0. The van der Waals surface area contributed by atoms with E-state index >= 15 is 0 Å². The molecule has 0 aliphatic carbocycles. The van der Waals surface area contributed by atoms with Crippen molar-refractivity contribution in [3.63, 3.8) is 0 Å². The molecule has 2 N–H and O–H groups in total. The van der Waals surface area contributed by atoms with E-state index in [2.05, 4.69) is 8.37 Å². The van der Waals surface area contributed by atoms with Crippen LogP contribution in [-0.2, 0) is 30.1 Å². The highest BCUT2D eigenvalue weighted by Gasteiger charge is 2.22. The van der Waals surface area contributed by atoms with Gasteiger partial charge in [0, 0.05) is 5.41 Å². The molecule has 0 fully saturated rings. The first-order chi connectivity index (χ1) is 6.12. The van der Waals surface area contributed by atoms with E-state index < -0.39 is 27.2 Å². The quantitative estimate of drug-likeness (QED) is 0.502. The summed E-state index contributed by atoms with van der Waals surface area (Å²) in [7, 11) is -4.49. The van der Waals surface area contributed by atoms with Crippen LogP contribution in [0.25, 0.3) is 0 Å². The maximum atomic E-state index is 10.2. The summed E-state index contributed by atoms with van der Waals surface area (Å²) in [6.45, 7) is 2.57. The molecular formula is C5H12O7S2. The molecule has 0 aromatic rings. The Morgan fingerprint density at radius 3 is 2.21 bits per heavy atom. The molecule has 0 radical (unpaired) electrons. The van der Waals surface area contributed by atoms with E-state index in [0.717, 1.165) is 0 Å². The van der Waals surface area contributed by atoms with Crippen molar-refractivity contribution in [3.8, 4) is 0 Å². The van der Waals surface area contributed by atoms with Gasteiger partial charge in [0.15, 0.2) is 0 Å². The lowest BCUT2D eigenvalue weighted by Crippen LogP contribution is -2.27. The second-order valence-corrected chi connectivity index (χ2v) is 5.09. The van der Waals surface area contributed by atoms with E-state index in [0.29, 0.717) is 0 Å². The molecule has 0 aromatic heterocycles. The van der Waals surface area contributed by atoms with Crippen molar-refractivity contribution in [3.05, 3.63) is 0 Å². The largest absolute Gasteiger partial charge is 0.397 e. The lowest BCUT2D eigenvalue weighted by Gasteiger charge is -2.21. The lowest BCUT2D eigenvalue weighted by atomic mass is 9.97. The Hall–Kier alpha value is -0.0600. The SMILES string of the molecule is CC(C)(COS(=O)O)COS(=O)(=O)O. The van der Waals surface area contributed by atoms with Crippen molar-refractivity contribution < 1.29 is 30.1 Å². The van der Waals surface area contributed by atoms with Crippen LogP contribution in [0.1, 0.15) is 13.8 Å². The Balaban J connectivity index is 4.01. The summed E-state index contributed by atoms with van der Waals surface area (Å²) < 4.78 is 55.5. The highest BCUT2D eigenvalue weighted by atomic mass is 32.3. The molecule has 0 heterocycles. The third-order valence-electron chi connectivity index (χ3n) is 1.15. The molecule has 0 saturated carbocycles. The molecule has 0 amide bonds. The number of hydrogen-bond donors (Lipinski definition) is 2. The topological polar surface area (TPSA) is 110 Å². The van der Waals surface area contributed by atoms with Gasteiger partial charge in [-0.1, -0.05) is 13.8 Å². The normalized spacial score (nSPS) is 15.4. The molecule has 1 atom stereocenters. The van der Waals surface area contributed by atoms with Crippen LogP contribution in [0.3, 0.4) is 0 Å². The zero-order valence-electron chi connectivity index (χ0n) is 7.67. The third kappa shape index (κ3) is 8.53. The van der Waals surface area contributed by atoms with Crippen molar-refractivity contribution >= 4 is 21.8 Å². The fourth-order valence-electron chi connectivity index (χ4n) is 0.486. The summed E-state index contributed by atoms with van der Waals surface area (Å²) in [5.41, 5.74) is -0.797. The van der Waals surface area contributed by atoms with Crippen molar-refractivity contribution in [2.75, 3.05) is 13.2 Å². The van der Waals surface area contributed by atoms with Gasteiger partial charge in [-0.3, -0.25) is 13.3 Å². The van der Waals surface area contributed by atoms with Crippen LogP contribution in [0, 0.1) is 5.41 Å². The predicted octanol–water partition coefficient (Wildman–Crippen LogP) is -0.0147. The van der Waals surface area contributed by atoms with E-state index in [1.54, 1.807) is 13.8 Å². The Morgan fingerprint density at radius 2 is 1.86 bits per heavy atom. The van der Waals surface area contributed by atoms with Crippen LogP contribution in [-0.4, -0.2) is 34.9 Å². The van der Waals surface area contributed by atoms with Gasteiger partial charge in [-0.2, -0.15) is 12.6 Å². The van der Waals surface area contributed by atoms with E-state index in [-0.39, 0.29) is 13.2 Å². The van der Waals surface area contributed by atoms with Crippen molar-refractivity contribution in [2.24, 2.45) is 5.41 Å². The highest BCUT2D eigenvalue weighted by molar-refractivity contribution is 7.80. The molecular weight excluding hydrogens is 236 g/mol. The van der Waals surface area contributed by atoms with Crippen molar-refractivity contribution in [1.82, 2.24) is 0 Å². The van der Waals surface area contributed by atoms with Gasteiger partial charge in [0.1, 0.15) is 0 Å². The van der Waals surface area contributed by atoms with Crippen LogP contribution in [0.4, 0.5) is 0 Å². The van der Waals surface area contributed by atoms with Gasteiger partial charge in [-0.05, 0) is 0 Å². The highest BCUT2D eigenvalue weighted by Crippen LogP contribution is 2.17. The van der Waals surface area contributed by atoms with Gasteiger partial charge >= 0.3 is 21.8 Å². The molecule has 0 saturated heterocycles. The Kier molecular flexibility index (Phi) is 5.12. The molecule has 9 heteroatoms. The predicted molar refractivity (Wildman–Crippen MR) is 48.0 cm³/mol. The molecule has 14 heavy (non-hydrogen) atoms. The molecule has 0 aliphatic heterocycles. The Bertz CT molecular complexity index is 293. The summed E-state index contributed by atoms with van der Waals surface area (Å²) >= 11 is -2.40. The molecule has 7 nitrogen and oxygen atoms in total. The lowest BCUT2D eigenvalue weighted by molar-refractivity contribution is 0.108. The van der Waals surface area contributed by atoms with Gasteiger partial charge in [-0.15, -0.1) is 0 Å². The average Bonchev–Trinajstić information content (AvgIpc) is 1.97. The molecule has 1 unspecified atom stereocenters. The minimum atomic E-state index is -4.49. The third-order valence-corrected chi connectivity index (χ3v) is 1.88. The molecule has 0 aliphatic rings. The second-order valence-electron chi connectivity index (χ2n) is 3.33. The van der Waals surface area contributed by atoms with Crippen LogP contribution in [0.2, 0.25) is 0 Å². The first-order valence-electron chi connectivity index (χ1n) is 3.48. The average molecular weight is 248 g/mol. The van der Waals surface area contributed by atoms with Gasteiger partial charge in [0.2, 0.25) is 0 Å². The van der Waals surface area contributed by atoms with Gasteiger partial charge in [0.25, 0.3) is 0 Å². The standard InChI is InChI=1S/C5H12O7S2/c1-5(2,3-11-13(6)7)4-12-14(8,9)10/h3-4H2,1-2H3,(H,6,7)(H,8,9,10). The van der Waals surface area contributed by atoms with Crippen molar-refractivity contribution in [1.29, 1.82) is 0 Å². The Labute approximate surface area is 84.9 Å². The smallest absolute Gasteiger partial charge is 0.284 e.